The predicted octanol–water partition coefficient (Wildman–Crippen LogP) is 5.83. The Morgan fingerprint density at radius 1 is 1.04 bits per heavy atom. The van der Waals surface area contributed by atoms with Gasteiger partial charge in [-0.25, -0.2) is 8.78 Å². The molecule has 3 aromatic rings. The van der Waals surface area contributed by atoms with Gasteiger partial charge in [-0.3, -0.25) is 0 Å². The first-order valence-electron chi connectivity index (χ1n) is 8.42. The molecule has 0 saturated carbocycles. The summed E-state index contributed by atoms with van der Waals surface area (Å²) in [5.41, 5.74) is -1.29. The second kappa shape index (κ2) is 5.83. The molecular weight excluding hydrogens is 349 g/mol. The van der Waals surface area contributed by atoms with Gasteiger partial charge >= 0.3 is 6.18 Å². The fourth-order valence-corrected chi connectivity index (χ4v) is 4.14. The molecule has 0 radical (unpaired) electrons. The Kier molecular flexibility index (Phi) is 3.82. The van der Waals surface area contributed by atoms with Crippen LogP contribution in [0, 0.1) is 11.6 Å². The summed E-state index contributed by atoms with van der Waals surface area (Å²) in [6.07, 6.45) is -4.17. The zero-order valence-corrected chi connectivity index (χ0v) is 13.8. The van der Waals surface area contributed by atoms with Crippen molar-refractivity contribution in [3.05, 3.63) is 70.9 Å². The van der Waals surface area contributed by atoms with Gasteiger partial charge in [-0.2, -0.15) is 13.2 Å². The number of fused-ring (bicyclic) bond motifs is 3. The third-order valence-electron chi connectivity index (χ3n) is 5.33. The number of aromatic nitrogens is 1. The molecule has 0 spiro atoms. The summed E-state index contributed by atoms with van der Waals surface area (Å²) in [5.74, 6) is -1.66. The number of aryl methyl sites for hydroxylation is 1. The summed E-state index contributed by atoms with van der Waals surface area (Å²) in [4.78, 5) is 2.67. The van der Waals surface area contributed by atoms with Gasteiger partial charge in [-0.1, -0.05) is 30.3 Å². The summed E-state index contributed by atoms with van der Waals surface area (Å²) in [6.45, 7) is 0. The van der Waals surface area contributed by atoms with Crippen molar-refractivity contribution in [3.63, 3.8) is 0 Å². The molecule has 2 aromatic carbocycles. The average Bonchev–Trinajstić information content (AvgIpc) is 2.95. The van der Waals surface area contributed by atoms with Crippen LogP contribution in [-0.2, 0) is 18.3 Å². The maximum absolute atomic E-state index is 14.3. The van der Waals surface area contributed by atoms with Crippen molar-refractivity contribution in [1.29, 1.82) is 0 Å². The fraction of sp³-hybridized carbons (Fsp3) is 0.300. The van der Waals surface area contributed by atoms with E-state index in [0.717, 1.165) is 6.07 Å². The summed E-state index contributed by atoms with van der Waals surface area (Å²) in [6, 6.07) is 10.3. The number of hydrogen-bond acceptors (Lipinski definition) is 0. The first-order valence-corrected chi connectivity index (χ1v) is 8.42. The van der Waals surface area contributed by atoms with Crippen molar-refractivity contribution in [1.82, 2.24) is 4.98 Å². The summed E-state index contributed by atoms with van der Waals surface area (Å²) < 4.78 is 70.6. The van der Waals surface area contributed by atoms with Crippen LogP contribution >= 0.6 is 0 Å². The van der Waals surface area contributed by atoms with Gasteiger partial charge in [-0.05, 0) is 42.9 Å². The third kappa shape index (κ3) is 2.50. The molecule has 0 amide bonds. The molecule has 0 aliphatic heterocycles. The Morgan fingerprint density at radius 3 is 2.46 bits per heavy atom. The van der Waals surface area contributed by atoms with E-state index in [2.05, 4.69) is 4.98 Å². The van der Waals surface area contributed by atoms with Crippen LogP contribution in [0.3, 0.4) is 0 Å². The summed E-state index contributed by atoms with van der Waals surface area (Å²) >= 11 is 0. The van der Waals surface area contributed by atoms with E-state index < -0.39 is 23.2 Å². The van der Waals surface area contributed by atoms with E-state index >= 15 is 0 Å². The summed E-state index contributed by atoms with van der Waals surface area (Å²) in [5, 5.41) is 0.207. The Morgan fingerprint density at radius 2 is 1.77 bits per heavy atom. The normalized spacial score (nSPS) is 20.3. The highest BCUT2D eigenvalue weighted by Gasteiger charge is 2.58. The quantitative estimate of drug-likeness (QED) is 0.551. The van der Waals surface area contributed by atoms with Gasteiger partial charge in [-0.15, -0.1) is 0 Å². The molecule has 1 unspecified atom stereocenters. The molecule has 4 rings (SSSR count). The molecule has 1 atom stereocenters. The number of H-pyrrole nitrogens is 1. The highest BCUT2D eigenvalue weighted by Crippen LogP contribution is 2.52. The number of halogens is 5. The number of nitrogens with one attached hydrogen (secondary N) is 1. The number of aromatic amines is 1. The highest BCUT2D eigenvalue weighted by atomic mass is 19.4. The monoisotopic (exact) mass is 365 g/mol. The van der Waals surface area contributed by atoms with Crippen molar-refractivity contribution in [2.24, 2.45) is 0 Å². The predicted molar refractivity (Wildman–Crippen MR) is 89.0 cm³/mol. The van der Waals surface area contributed by atoms with Gasteiger partial charge in [0.2, 0.25) is 0 Å². The van der Waals surface area contributed by atoms with Crippen LogP contribution in [0.15, 0.2) is 42.5 Å². The Labute approximate surface area is 146 Å². The minimum absolute atomic E-state index is 0.0281. The van der Waals surface area contributed by atoms with E-state index in [9.17, 15) is 22.0 Å². The Bertz CT molecular complexity index is 958. The number of hydrogen-bond donors (Lipinski definition) is 1. The van der Waals surface area contributed by atoms with E-state index in [-0.39, 0.29) is 29.4 Å². The van der Waals surface area contributed by atoms with E-state index in [4.69, 9.17) is 0 Å². The standard InChI is InChI=1S/C20H16F5N/c21-13-9-15-14-7-4-8-19(20(23,24)25,11-12-5-2-1-3-6-12)18(14)26-17(15)16(22)10-13/h1-3,5-6,9-10,26H,4,7-8,11H2. The molecule has 136 valence electrons. The largest absolute Gasteiger partial charge is 0.400 e. The van der Waals surface area contributed by atoms with Crippen LogP contribution in [0.1, 0.15) is 29.7 Å². The van der Waals surface area contributed by atoms with Crippen molar-refractivity contribution in [3.8, 4) is 0 Å². The fourth-order valence-electron chi connectivity index (χ4n) is 4.14. The molecule has 1 aromatic heterocycles. The van der Waals surface area contributed by atoms with Gasteiger partial charge in [0.15, 0.2) is 0 Å². The topological polar surface area (TPSA) is 15.8 Å². The first kappa shape index (κ1) is 17.1. The zero-order chi connectivity index (χ0) is 18.5. The van der Waals surface area contributed by atoms with E-state index in [1.807, 2.05) is 0 Å². The van der Waals surface area contributed by atoms with Crippen LogP contribution < -0.4 is 0 Å². The van der Waals surface area contributed by atoms with Gasteiger partial charge in [0.1, 0.15) is 17.0 Å². The lowest BCUT2D eigenvalue weighted by Crippen LogP contribution is -2.47. The van der Waals surface area contributed by atoms with E-state index in [1.165, 1.54) is 0 Å². The van der Waals surface area contributed by atoms with Crippen LogP contribution in [0.25, 0.3) is 10.9 Å². The third-order valence-corrected chi connectivity index (χ3v) is 5.33. The van der Waals surface area contributed by atoms with Gasteiger partial charge < -0.3 is 4.98 Å². The second-order valence-corrected chi connectivity index (χ2v) is 6.88. The average molecular weight is 365 g/mol. The molecule has 0 bridgehead atoms. The molecule has 1 aliphatic rings. The smallest absolute Gasteiger partial charge is 0.355 e. The minimum atomic E-state index is -4.52. The molecule has 1 aliphatic carbocycles. The zero-order valence-electron chi connectivity index (χ0n) is 13.8. The van der Waals surface area contributed by atoms with Crippen LogP contribution in [0.4, 0.5) is 22.0 Å². The number of rotatable bonds is 2. The molecule has 0 saturated heterocycles. The number of alkyl halides is 3. The molecule has 1 heterocycles. The van der Waals surface area contributed by atoms with Crippen molar-refractivity contribution in [2.45, 2.75) is 37.3 Å². The molecular formula is C20H16F5N. The van der Waals surface area contributed by atoms with E-state index in [1.54, 1.807) is 30.3 Å². The number of benzene rings is 2. The molecule has 26 heavy (non-hydrogen) atoms. The lowest BCUT2D eigenvalue weighted by atomic mass is 9.69. The maximum atomic E-state index is 14.3. The lowest BCUT2D eigenvalue weighted by Gasteiger charge is -2.39. The van der Waals surface area contributed by atoms with Crippen molar-refractivity contribution < 1.29 is 22.0 Å². The molecule has 1 N–H and O–H groups in total. The van der Waals surface area contributed by atoms with Gasteiger partial charge in [0.25, 0.3) is 0 Å². The van der Waals surface area contributed by atoms with Gasteiger partial charge in [0, 0.05) is 17.1 Å². The Hall–Kier alpha value is -2.37. The minimum Gasteiger partial charge on any atom is -0.355 e. The van der Waals surface area contributed by atoms with Crippen LogP contribution in [0.5, 0.6) is 0 Å². The summed E-state index contributed by atoms with van der Waals surface area (Å²) in [7, 11) is 0. The molecule has 6 heteroatoms. The second-order valence-electron chi connectivity index (χ2n) is 6.88. The van der Waals surface area contributed by atoms with Crippen molar-refractivity contribution in [2.75, 3.05) is 0 Å². The van der Waals surface area contributed by atoms with Gasteiger partial charge in [0.05, 0.1) is 5.52 Å². The highest BCUT2D eigenvalue weighted by molar-refractivity contribution is 5.86. The van der Waals surface area contributed by atoms with Crippen LogP contribution in [-0.4, -0.2) is 11.2 Å². The first-order chi connectivity index (χ1) is 12.3. The van der Waals surface area contributed by atoms with E-state index in [0.29, 0.717) is 30.0 Å². The van der Waals surface area contributed by atoms with Crippen molar-refractivity contribution >= 4 is 10.9 Å². The molecule has 0 fully saturated rings. The van der Waals surface area contributed by atoms with Crippen LogP contribution in [0.2, 0.25) is 0 Å². The lowest BCUT2D eigenvalue weighted by molar-refractivity contribution is -0.196. The Balaban J connectivity index is 1.97. The molecule has 1 nitrogen and oxygen atoms in total. The maximum Gasteiger partial charge on any atom is 0.400 e. The SMILES string of the molecule is Fc1cc(F)c2[nH]c3c(c2c1)CCCC3(Cc1ccccc1)C(F)(F)F.